The van der Waals surface area contributed by atoms with Crippen LogP contribution in [0.2, 0.25) is 0 Å². The van der Waals surface area contributed by atoms with Crippen LogP contribution in [0.15, 0.2) is 97.3 Å². The number of aliphatic hydroxyl groups is 1. The largest absolute Gasteiger partial charge is 0.394 e. The number of pyridine rings is 1. The smallest absolute Gasteiger partial charge is 0.252 e. The van der Waals surface area contributed by atoms with E-state index in [-0.39, 0.29) is 12.5 Å². The number of aromatic nitrogens is 4. The predicted molar refractivity (Wildman–Crippen MR) is 130 cm³/mol. The van der Waals surface area contributed by atoms with Gasteiger partial charge in [0.25, 0.3) is 5.91 Å². The van der Waals surface area contributed by atoms with E-state index in [0.29, 0.717) is 12.1 Å². The number of fused-ring (bicyclic) bond motifs is 1. The lowest BCUT2D eigenvalue weighted by atomic mass is 10.0. The number of nitrogens with one attached hydrogen (secondary N) is 1. The van der Waals surface area contributed by atoms with Gasteiger partial charge in [0.15, 0.2) is 0 Å². The van der Waals surface area contributed by atoms with Crippen LogP contribution in [0.5, 0.6) is 0 Å². The van der Waals surface area contributed by atoms with Gasteiger partial charge in [-0.2, -0.15) is 0 Å². The van der Waals surface area contributed by atoms with Crippen molar-refractivity contribution in [3.8, 4) is 11.3 Å². The van der Waals surface area contributed by atoms with Gasteiger partial charge in [-0.25, -0.2) is 4.68 Å². The molecule has 0 saturated heterocycles. The molecule has 168 valence electrons. The average molecular weight is 450 g/mol. The fourth-order valence-corrected chi connectivity index (χ4v) is 4.04. The zero-order chi connectivity index (χ0) is 23.3. The third kappa shape index (κ3) is 4.42. The Balaban J connectivity index is 1.38. The molecule has 1 amide bonds. The van der Waals surface area contributed by atoms with Crippen molar-refractivity contribution in [3.05, 3.63) is 114 Å². The molecular formula is C27H23N5O2. The Morgan fingerprint density at radius 2 is 1.76 bits per heavy atom. The maximum atomic E-state index is 13.1. The molecule has 0 spiro atoms. The summed E-state index contributed by atoms with van der Waals surface area (Å²) in [4.78, 5) is 17.5. The fraction of sp³-hybridized carbons (Fsp3) is 0.111. The highest BCUT2D eigenvalue weighted by molar-refractivity contribution is 5.96. The third-order valence-electron chi connectivity index (χ3n) is 5.74. The van der Waals surface area contributed by atoms with Crippen molar-refractivity contribution in [2.75, 3.05) is 6.61 Å². The molecule has 5 rings (SSSR count). The van der Waals surface area contributed by atoms with Crippen molar-refractivity contribution >= 4 is 16.8 Å². The second-order valence-corrected chi connectivity index (χ2v) is 7.95. The first kappa shape index (κ1) is 21.5. The summed E-state index contributed by atoms with van der Waals surface area (Å²) in [5, 5.41) is 22.4. The minimum atomic E-state index is -0.486. The van der Waals surface area contributed by atoms with Crippen molar-refractivity contribution in [3.63, 3.8) is 0 Å². The molecule has 0 unspecified atom stereocenters. The van der Waals surface area contributed by atoms with Crippen LogP contribution in [0, 0.1) is 0 Å². The van der Waals surface area contributed by atoms with E-state index in [2.05, 4.69) is 20.6 Å². The molecule has 7 nitrogen and oxygen atoms in total. The number of nitrogens with zero attached hydrogens (tertiary/aromatic N) is 4. The first-order valence-electron chi connectivity index (χ1n) is 11.0. The molecule has 7 heteroatoms. The Morgan fingerprint density at radius 1 is 0.941 bits per heavy atom. The van der Waals surface area contributed by atoms with Gasteiger partial charge >= 0.3 is 0 Å². The van der Waals surface area contributed by atoms with Crippen LogP contribution < -0.4 is 5.32 Å². The Morgan fingerprint density at radius 3 is 2.62 bits per heavy atom. The quantitative estimate of drug-likeness (QED) is 0.392. The summed E-state index contributed by atoms with van der Waals surface area (Å²) in [5.74, 6) is -0.251. The summed E-state index contributed by atoms with van der Waals surface area (Å²) in [5.41, 5.74) is 4.78. The number of hydrogen-bond donors (Lipinski definition) is 2. The summed E-state index contributed by atoms with van der Waals surface area (Å²) in [6, 6.07) is 26.2. The van der Waals surface area contributed by atoms with Gasteiger partial charge in [0.1, 0.15) is 5.69 Å². The minimum Gasteiger partial charge on any atom is -0.394 e. The number of carbonyl (C=O) groups excluding carboxylic acids is 1. The third-order valence-corrected chi connectivity index (χ3v) is 5.74. The predicted octanol–water partition coefficient (Wildman–Crippen LogP) is 4.01. The molecule has 2 aromatic heterocycles. The van der Waals surface area contributed by atoms with Crippen molar-refractivity contribution in [1.82, 2.24) is 25.3 Å². The Labute approximate surface area is 196 Å². The molecule has 0 aliphatic carbocycles. The van der Waals surface area contributed by atoms with Gasteiger partial charge < -0.3 is 10.4 Å². The van der Waals surface area contributed by atoms with Gasteiger partial charge in [-0.05, 0) is 29.3 Å². The van der Waals surface area contributed by atoms with Gasteiger partial charge in [0.2, 0.25) is 0 Å². The summed E-state index contributed by atoms with van der Waals surface area (Å²) in [7, 11) is 0. The highest BCUT2D eigenvalue weighted by Crippen LogP contribution is 2.26. The topological polar surface area (TPSA) is 92.9 Å². The molecule has 34 heavy (non-hydrogen) atoms. The maximum Gasteiger partial charge on any atom is 0.252 e. The van der Waals surface area contributed by atoms with E-state index in [1.165, 1.54) is 0 Å². The van der Waals surface area contributed by atoms with Crippen molar-refractivity contribution in [2.45, 2.75) is 12.6 Å². The lowest BCUT2D eigenvalue weighted by Gasteiger charge is -2.18. The molecule has 0 aliphatic heterocycles. The SMILES string of the molecule is O=C(N[C@H](CO)c1ccccc1)c1ccccc1Cn1cc(-c2cccc3ncccc23)nn1. The Bertz CT molecular complexity index is 1430. The number of hydrogen-bond acceptors (Lipinski definition) is 5. The number of aliphatic hydroxyl groups excluding tert-OH is 1. The van der Waals surface area contributed by atoms with Crippen LogP contribution in [0.3, 0.4) is 0 Å². The van der Waals surface area contributed by atoms with E-state index in [1.54, 1.807) is 16.9 Å². The molecule has 0 saturated carbocycles. The molecule has 5 aromatic rings. The second kappa shape index (κ2) is 9.64. The fourth-order valence-electron chi connectivity index (χ4n) is 4.04. The van der Waals surface area contributed by atoms with Gasteiger partial charge in [0.05, 0.1) is 30.9 Å². The molecular weight excluding hydrogens is 426 g/mol. The maximum absolute atomic E-state index is 13.1. The monoisotopic (exact) mass is 449 g/mol. The highest BCUT2D eigenvalue weighted by atomic mass is 16.3. The zero-order valence-corrected chi connectivity index (χ0v) is 18.4. The molecule has 0 radical (unpaired) electrons. The lowest BCUT2D eigenvalue weighted by Crippen LogP contribution is -2.31. The number of benzene rings is 3. The van der Waals surface area contributed by atoms with Crippen LogP contribution >= 0.6 is 0 Å². The van der Waals surface area contributed by atoms with E-state index >= 15 is 0 Å². The molecule has 2 N–H and O–H groups in total. The molecule has 1 atom stereocenters. The van der Waals surface area contributed by atoms with Crippen LogP contribution in [0.1, 0.15) is 27.5 Å². The lowest BCUT2D eigenvalue weighted by molar-refractivity contribution is 0.0915. The van der Waals surface area contributed by atoms with Gasteiger partial charge in [-0.15, -0.1) is 5.10 Å². The van der Waals surface area contributed by atoms with Gasteiger partial charge in [0, 0.05) is 22.7 Å². The standard InChI is InChI=1S/C27H23N5O2/c33-18-26(19-8-2-1-3-9-19)29-27(34)21-11-5-4-10-20(21)16-32-17-25(30-31-32)23-12-6-14-24-22(23)13-7-15-28-24/h1-15,17,26,33H,16,18H2,(H,29,34)/t26-/m1/s1. The van der Waals surface area contributed by atoms with Gasteiger partial charge in [-0.1, -0.05) is 71.9 Å². The van der Waals surface area contributed by atoms with Crippen LogP contribution in [-0.2, 0) is 6.54 Å². The van der Waals surface area contributed by atoms with Crippen LogP contribution in [-0.4, -0.2) is 37.6 Å². The molecule has 0 bridgehead atoms. The molecule has 0 aliphatic rings. The molecule has 3 aromatic carbocycles. The van der Waals surface area contributed by atoms with E-state index in [1.807, 2.05) is 85.1 Å². The van der Waals surface area contributed by atoms with Crippen LogP contribution in [0.25, 0.3) is 22.2 Å². The Kier molecular flexibility index (Phi) is 6.09. The van der Waals surface area contributed by atoms with Crippen molar-refractivity contribution in [2.24, 2.45) is 0 Å². The van der Waals surface area contributed by atoms with E-state index in [9.17, 15) is 9.90 Å². The number of rotatable bonds is 7. The number of amides is 1. The van der Waals surface area contributed by atoms with Crippen molar-refractivity contribution in [1.29, 1.82) is 0 Å². The zero-order valence-electron chi connectivity index (χ0n) is 18.4. The summed E-state index contributed by atoms with van der Waals surface area (Å²) >= 11 is 0. The van der Waals surface area contributed by atoms with E-state index < -0.39 is 6.04 Å². The summed E-state index contributed by atoms with van der Waals surface area (Å²) in [6.45, 7) is 0.193. The summed E-state index contributed by atoms with van der Waals surface area (Å²) in [6.07, 6.45) is 3.64. The van der Waals surface area contributed by atoms with Gasteiger partial charge in [-0.3, -0.25) is 9.78 Å². The second-order valence-electron chi connectivity index (χ2n) is 7.95. The first-order chi connectivity index (χ1) is 16.7. The number of carbonyl (C=O) groups is 1. The molecule has 0 fully saturated rings. The van der Waals surface area contributed by atoms with Crippen molar-refractivity contribution < 1.29 is 9.90 Å². The highest BCUT2D eigenvalue weighted by Gasteiger charge is 2.18. The Hall–Kier alpha value is -4.36. The minimum absolute atomic E-state index is 0.190. The average Bonchev–Trinajstić information content (AvgIpc) is 3.36. The molecule has 2 heterocycles. The van der Waals surface area contributed by atoms with Crippen LogP contribution in [0.4, 0.5) is 0 Å². The first-order valence-corrected chi connectivity index (χ1v) is 11.0. The van der Waals surface area contributed by atoms with E-state index in [4.69, 9.17) is 0 Å². The summed E-state index contributed by atoms with van der Waals surface area (Å²) < 4.78 is 1.72. The normalized spacial score (nSPS) is 11.9. The van der Waals surface area contributed by atoms with E-state index in [0.717, 1.165) is 33.3 Å².